The average Bonchev–Trinajstić information content (AvgIpc) is 3.49. The monoisotopic (exact) mass is 437 g/mol. The summed E-state index contributed by atoms with van der Waals surface area (Å²) in [4.78, 5) is 17.6. The molecular formula is C25H27NO4S. The van der Waals surface area contributed by atoms with Gasteiger partial charge in [-0.2, -0.15) is 0 Å². The van der Waals surface area contributed by atoms with E-state index < -0.39 is 27.4 Å². The number of benzene rings is 2. The van der Waals surface area contributed by atoms with Crippen molar-refractivity contribution >= 4 is 21.5 Å². The van der Waals surface area contributed by atoms with Gasteiger partial charge in [0.1, 0.15) is 6.10 Å². The van der Waals surface area contributed by atoms with Crippen molar-refractivity contribution < 1.29 is 17.9 Å². The molecule has 5 rings (SSSR count). The van der Waals surface area contributed by atoms with Gasteiger partial charge in [0.25, 0.3) is 0 Å². The van der Waals surface area contributed by atoms with Gasteiger partial charge >= 0.3 is 5.97 Å². The van der Waals surface area contributed by atoms with Crippen LogP contribution < -0.4 is 0 Å². The molecule has 0 radical (unpaired) electrons. The zero-order chi connectivity index (χ0) is 21.9. The number of carbonyl (C=O) groups is 1. The van der Waals surface area contributed by atoms with Crippen molar-refractivity contribution in [2.75, 3.05) is 5.75 Å². The fraction of sp³-hybridized carbons (Fsp3) is 0.440. The Morgan fingerprint density at radius 1 is 1.06 bits per heavy atom. The van der Waals surface area contributed by atoms with Crippen molar-refractivity contribution in [2.24, 2.45) is 21.7 Å². The maximum absolute atomic E-state index is 13.3. The SMILES string of the molecule is CC1(C)C2CCC1(CS(=O)(=O)c1ccccc1)C(OC(=O)[C@H]1N=C1c1ccccc1)C2. The van der Waals surface area contributed by atoms with Crippen LogP contribution in [0.1, 0.15) is 38.7 Å². The van der Waals surface area contributed by atoms with E-state index in [-0.39, 0.29) is 17.1 Å². The van der Waals surface area contributed by atoms with E-state index in [0.717, 1.165) is 30.5 Å². The number of hydrogen-bond donors (Lipinski definition) is 0. The molecule has 5 nitrogen and oxygen atoms in total. The molecule has 2 saturated carbocycles. The largest absolute Gasteiger partial charge is 0.460 e. The Morgan fingerprint density at radius 3 is 2.35 bits per heavy atom. The molecule has 0 saturated heterocycles. The Labute approximate surface area is 183 Å². The minimum Gasteiger partial charge on any atom is -0.460 e. The fourth-order valence-electron chi connectivity index (χ4n) is 5.87. The van der Waals surface area contributed by atoms with Crippen LogP contribution in [0.4, 0.5) is 0 Å². The van der Waals surface area contributed by atoms with Gasteiger partial charge in [-0.1, -0.05) is 62.4 Å². The number of ether oxygens (including phenoxy) is 1. The molecule has 0 N–H and O–H groups in total. The summed E-state index contributed by atoms with van der Waals surface area (Å²) in [6, 6.07) is 17.6. The fourth-order valence-corrected chi connectivity index (χ4v) is 7.99. The zero-order valence-corrected chi connectivity index (χ0v) is 18.6. The summed E-state index contributed by atoms with van der Waals surface area (Å²) in [5.74, 6) is -0.00335. The number of sulfone groups is 1. The maximum atomic E-state index is 13.3. The van der Waals surface area contributed by atoms with Crippen LogP contribution >= 0.6 is 0 Å². The predicted molar refractivity (Wildman–Crippen MR) is 119 cm³/mol. The van der Waals surface area contributed by atoms with E-state index in [1.165, 1.54) is 0 Å². The van der Waals surface area contributed by atoms with E-state index in [1.54, 1.807) is 24.3 Å². The van der Waals surface area contributed by atoms with E-state index in [1.807, 2.05) is 36.4 Å². The third-order valence-corrected chi connectivity index (χ3v) is 9.80. The summed E-state index contributed by atoms with van der Waals surface area (Å²) in [5, 5.41) is 0. The standard InChI is InChI=1S/C25H27NO4S/c1-24(2)18-13-14-25(24,16-31(28,29)19-11-7-4-8-12-19)20(15-18)30-23(27)22-21(26-22)17-9-5-3-6-10-17/h3-12,18,20,22H,13-16H2,1-2H3/t18?,20?,22-,25?/m0/s1. The highest BCUT2D eigenvalue weighted by Gasteiger charge is 2.67. The number of rotatable bonds is 6. The van der Waals surface area contributed by atoms with Crippen LogP contribution in [0.5, 0.6) is 0 Å². The van der Waals surface area contributed by atoms with E-state index in [4.69, 9.17) is 4.74 Å². The molecule has 6 heteroatoms. The molecular weight excluding hydrogens is 410 g/mol. The lowest BCUT2D eigenvalue weighted by Gasteiger charge is -2.41. The molecule has 2 fully saturated rings. The highest BCUT2D eigenvalue weighted by atomic mass is 32.2. The Bertz CT molecular complexity index is 1140. The van der Waals surface area contributed by atoms with E-state index in [9.17, 15) is 13.2 Å². The van der Waals surface area contributed by atoms with Gasteiger partial charge in [-0.3, -0.25) is 4.99 Å². The first-order valence-corrected chi connectivity index (χ1v) is 12.5. The highest BCUT2D eigenvalue weighted by molar-refractivity contribution is 7.91. The second-order valence-corrected chi connectivity index (χ2v) is 11.6. The smallest absolute Gasteiger partial charge is 0.337 e. The number of esters is 1. The van der Waals surface area contributed by atoms with Crippen molar-refractivity contribution in [1.29, 1.82) is 0 Å². The number of hydrogen-bond acceptors (Lipinski definition) is 5. The van der Waals surface area contributed by atoms with Gasteiger partial charge in [-0.25, -0.2) is 13.2 Å². The quantitative estimate of drug-likeness (QED) is 0.639. The molecule has 1 aliphatic heterocycles. The van der Waals surface area contributed by atoms with Crippen LogP contribution in [0.2, 0.25) is 0 Å². The van der Waals surface area contributed by atoms with E-state index in [0.29, 0.717) is 10.8 Å². The molecule has 2 aromatic rings. The van der Waals surface area contributed by atoms with Gasteiger partial charge in [0.05, 0.1) is 16.4 Å². The second kappa shape index (κ2) is 7.02. The third kappa shape index (κ3) is 3.23. The molecule has 31 heavy (non-hydrogen) atoms. The minimum atomic E-state index is -3.51. The van der Waals surface area contributed by atoms with Gasteiger partial charge < -0.3 is 4.74 Å². The lowest BCUT2D eigenvalue weighted by atomic mass is 9.69. The van der Waals surface area contributed by atoms with Gasteiger partial charge in [0, 0.05) is 5.41 Å². The second-order valence-electron chi connectivity index (χ2n) is 9.63. The lowest BCUT2D eigenvalue weighted by molar-refractivity contribution is -0.155. The summed E-state index contributed by atoms with van der Waals surface area (Å²) in [5.41, 5.74) is 0.883. The van der Waals surface area contributed by atoms with Crippen LogP contribution in [0.25, 0.3) is 0 Å². The third-order valence-electron chi connectivity index (χ3n) is 7.92. The summed E-state index contributed by atoms with van der Waals surface area (Å²) in [6.45, 7) is 4.28. The first kappa shape index (κ1) is 20.4. The van der Waals surface area contributed by atoms with Crippen LogP contribution in [-0.2, 0) is 19.4 Å². The Morgan fingerprint density at radius 2 is 1.71 bits per heavy atom. The molecule has 1 heterocycles. The van der Waals surface area contributed by atoms with Crippen molar-refractivity contribution in [1.82, 2.24) is 0 Å². The Hall–Kier alpha value is -2.47. The molecule has 2 aliphatic carbocycles. The maximum Gasteiger partial charge on any atom is 0.337 e. The van der Waals surface area contributed by atoms with Gasteiger partial charge in [0.2, 0.25) is 0 Å². The summed E-state index contributed by atoms with van der Waals surface area (Å²) >= 11 is 0. The molecule has 0 spiro atoms. The minimum absolute atomic E-state index is 0.00251. The van der Waals surface area contributed by atoms with Gasteiger partial charge in [-0.05, 0) is 48.3 Å². The molecule has 2 aromatic carbocycles. The average molecular weight is 438 g/mol. The van der Waals surface area contributed by atoms with Crippen LogP contribution in [0.3, 0.4) is 0 Å². The number of nitrogens with zero attached hydrogens (tertiary/aromatic N) is 1. The Balaban J connectivity index is 1.37. The molecule has 162 valence electrons. The molecule has 0 amide bonds. The van der Waals surface area contributed by atoms with Crippen LogP contribution in [-0.4, -0.2) is 38.0 Å². The first-order chi connectivity index (χ1) is 14.7. The van der Waals surface area contributed by atoms with Crippen molar-refractivity contribution in [3.8, 4) is 0 Å². The van der Waals surface area contributed by atoms with Crippen molar-refractivity contribution in [3.05, 3.63) is 66.2 Å². The van der Waals surface area contributed by atoms with Crippen molar-refractivity contribution in [2.45, 2.75) is 50.2 Å². The molecule has 4 atom stereocenters. The lowest BCUT2D eigenvalue weighted by Crippen LogP contribution is -2.46. The molecule has 3 aliphatic rings. The summed E-state index contributed by atoms with van der Waals surface area (Å²) in [7, 11) is -3.51. The topological polar surface area (TPSA) is 72.8 Å². The van der Waals surface area contributed by atoms with E-state index >= 15 is 0 Å². The number of carbonyl (C=O) groups excluding carboxylic acids is 1. The molecule has 3 unspecified atom stereocenters. The first-order valence-electron chi connectivity index (χ1n) is 10.9. The zero-order valence-electron chi connectivity index (χ0n) is 17.8. The molecule has 2 bridgehead atoms. The summed E-state index contributed by atoms with van der Waals surface area (Å²) in [6.07, 6.45) is 2.04. The number of aliphatic imine (C=N–C) groups is 1. The van der Waals surface area contributed by atoms with Crippen LogP contribution in [0, 0.1) is 16.7 Å². The number of fused-ring (bicyclic) bond motifs is 2. The normalized spacial score (nSPS) is 30.6. The molecule has 0 aromatic heterocycles. The highest BCUT2D eigenvalue weighted by Crippen LogP contribution is 2.67. The van der Waals surface area contributed by atoms with Crippen LogP contribution in [0.15, 0.2) is 70.6 Å². The Kier molecular flexibility index (Phi) is 4.63. The summed E-state index contributed by atoms with van der Waals surface area (Å²) < 4.78 is 32.6. The van der Waals surface area contributed by atoms with Gasteiger partial charge in [-0.15, -0.1) is 0 Å². The van der Waals surface area contributed by atoms with E-state index in [2.05, 4.69) is 18.8 Å². The van der Waals surface area contributed by atoms with Gasteiger partial charge in [0.15, 0.2) is 15.9 Å². The van der Waals surface area contributed by atoms with Crippen molar-refractivity contribution in [3.63, 3.8) is 0 Å². The predicted octanol–water partition coefficient (Wildman–Crippen LogP) is 4.07.